The largest absolute Gasteiger partial charge is 0.492 e. The number of hydrogen-bond acceptors (Lipinski definition) is 6. The van der Waals surface area contributed by atoms with Crippen molar-refractivity contribution in [3.05, 3.63) is 83.9 Å². The molecule has 1 atom stereocenters. The van der Waals surface area contributed by atoms with Gasteiger partial charge >= 0.3 is 0 Å². The highest BCUT2D eigenvalue weighted by atomic mass is 32.2. The standard InChI is InChI=1S/C33H43N3O5S2/c1-6-9-22-34-33(38)29(7-2)35(23-26-15-11-10-14-25(26)4)32(37)24-36(30-16-12-13-17-31(30)41-8-3)43(39,40)28-20-18-27(42-5)19-21-28/h10-21,29H,6-9,22-24H2,1-5H3,(H,34,38)/t29-/m1/s1. The van der Waals surface area contributed by atoms with Gasteiger partial charge in [-0.05, 0) is 80.5 Å². The van der Waals surface area contributed by atoms with E-state index in [2.05, 4.69) is 5.32 Å². The fourth-order valence-electron chi connectivity index (χ4n) is 4.73. The van der Waals surface area contributed by atoms with Gasteiger partial charge in [-0.25, -0.2) is 8.42 Å². The molecule has 43 heavy (non-hydrogen) atoms. The van der Waals surface area contributed by atoms with Crippen molar-refractivity contribution >= 4 is 39.3 Å². The maximum absolute atomic E-state index is 14.3. The van der Waals surface area contributed by atoms with E-state index in [1.54, 1.807) is 48.5 Å². The van der Waals surface area contributed by atoms with Crippen LogP contribution >= 0.6 is 11.8 Å². The third kappa shape index (κ3) is 8.76. The normalized spacial score (nSPS) is 11.9. The number of thioether (sulfide) groups is 1. The van der Waals surface area contributed by atoms with Crippen LogP contribution in [0.15, 0.2) is 82.6 Å². The molecule has 10 heteroatoms. The Labute approximate surface area is 260 Å². The number of nitrogens with zero attached hydrogens (tertiary/aromatic N) is 2. The molecule has 0 spiro atoms. The molecule has 0 unspecified atom stereocenters. The molecule has 0 aliphatic rings. The third-order valence-electron chi connectivity index (χ3n) is 7.18. The molecule has 1 N–H and O–H groups in total. The molecule has 0 fully saturated rings. The molecule has 0 aliphatic heterocycles. The number of rotatable bonds is 16. The van der Waals surface area contributed by atoms with Crippen LogP contribution in [0.25, 0.3) is 0 Å². The number of sulfonamides is 1. The molecular formula is C33H43N3O5S2. The molecule has 0 saturated heterocycles. The second-order valence-corrected chi connectivity index (χ2v) is 12.8. The lowest BCUT2D eigenvalue weighted by Gasteiger charge is -2.34. The third-order valence-corrected chi connectivity index (χ3v) is 9.70. The number of unbranched alkanes of at least 4 members (excludes halogenated alkanes) is 1. The van der Waals surface area contributed by atoms with Crippen molar-refractivity contribution in [2.45, 2.75) is 69.3 Å². The summed E-state index contributed by atoms with van der Waals surface area (Å²) in [5, 5.41) is 2.96. The van der Waals surface area contributed by atoms with Gasteiger partial charge in [-0.1, -0.05) is 56.7 Å². The quantitative estimate of drug-likeness (QED) is 0.154. The van der Waals surface area contributed by atoms with Gasteiger partial charge in [0.05, 0.1) is 17.2 Å². The summed E-state index contributed by atoms with van der Waals surface area (Å²) in [4.78, 5) is 30.2. The van der Waals surface area contributed by atoms with E-state index in [0.29, 0.717) is 25.3 Å². The Hall–Kier alpha value is -3.50. The van der Waals surface area contributed by atoms with Crippen molar-refractivity contribution in [2.24, 2.45) is 0 Å². The van der Waals surface area contributed by atoms with E-state index >= 15 is 0 Å². The molecule has 0 aromatic heterocycles. The number of hydrogen-bond donors (Lipinski definition) is 1. The Morgan fingerprint density at radius 2 is 1.63 bits per heavy atom. The van der Waals surface area contributed by atoms with Crippen molar-refractivity contribution in [3.8, 4) is 5.75 Å². The summed E-state index contributed by atoms with van der Waals surface area (Å²) in [6.45, 7) is 8.14. The Morgan fingerprint density at radius 1 is 0.953 bits per heavy atom. The highest BCUT2D eigenvalue weighted by molar-refractivity contribution is 7.98. The predicted octanol–water partition coefficient (Wildman–Crippen LogP) is 6.03. The zero-order valence-corrected chi connectivity index (χ0v) is 27.3. The first kappa shape index (κ1) is 34.0. The van der Waals surface area contributed by atoms with E-state index in [-0.39, 0.29) is 23.0 Å². The highest BCUT2D eigenvalue weighted by Gasteiger charge is 2.34. The van der Waals surface area contributed by atoms with E-state index in [4.69, 9.17) is 4.74 Å². The molecule has 0 saturated carbocycles. The van der Waals surface area contributed by atoms with Gasteiger partial charge in [-0.3, -0.25) is 13.9 Å². The molecule has 3 rings (SSSR count). The Kier molecular flexibility index (Phi) is 12.9. The van der Waals surface area contributed by atoms with Gasteiger partial charge < -0.3 is 15.0 Å². The lowest BCUT2D eigenvalue weighted by atomic mass is 10.1. The second kappa shape index (κ2) is 16.4. The van der Waals surface area contributed by atoms with Crippen LogP contribution in [0.1, 0.15) is 51.2 Å². The first-order valence-electron chi connectivity index (χ1n) is 14.7. The van der Waals surface area contributed by atoms with Crippen LogP contribution in [-0.2, 0) is 26.2 Å². The maximum Gasteiger partial charge on any atom is 0.264 e. The molecule has 2 amide bonds. The Balaban J connectivity index is 2.10. The van der Waals surface area contributed by atoms with E-state index in [0.717, 1.165) is 33.2 Å². The van der Waals surface area contributed by atoms with Crippen molar-refractivity contribution < 1.29 is 22.7 Å². The Bertz CT molecular complexity index is 1460. The van der Waals surface area contributed by atoms with E-state index in [1.165, 1.54) is 16.7 Å². The minimum Gasteiger partial charge on any atom is -0.492 e. The summed E-state index contributed by atoms with van der Waals surface area (Å²) in [6, 6.07) is 20.3. The van der Waals surface area contributed by atoms with Gasteiger partial charge in [-0.15, -0.1) is 11.8 Å². The summed E-state index contributed by atoms with van der Waals surface area (Å²) < 4.78 is 35.3. The van der Waals surface area contributed by atoms with Crippen LogP contribution < -0.4 is 14.4 Å². The lowest BCUT2D eigenvalue weighted by Crippen LogP contribution is -2.52. The van der Waals surface area contributed by atoms with Crippen LogP contribution in [0.4, 0.5) is 5.69 Å². The number of aryl methyl sites for hydroxylation is 1. The Morgan fingerprint density at radius 3 is 2.26 bits per heavy atom. The summed E-state index contributed by atoms with van der Waals surface area (Å²) >= 11 is 1.51. The predicted molar refractivity (Wildman–Crippen MR) is 174 cm³/mol. The highest BCUT2D eigenvalue weighted by Crippen LogP contribution is 2.33. The molecule has 3 aromatic rings. The molecule has 0 radical (unpaired) electrons. The van der Waals surface area contributed by atoms with Crippen LogP contribution in [0.3, 0.4) is 0 Å². The van der Waals surface area contributed by atoms with E-state index < -0.39 is 28.5 Å². The molecule has 0 aliphatic carbocycles. The SMILES string of the molecule is CCCCNC(=O)[C@@H](CC)N(Cc1ccccc1C)C(=O)CN(c1ccccc1OCC)S(=O)(=O)c1ccc(SC)cc1. The number of ether oxygens (including phenoxy) is 1. The summed E-state index contributed by atoms with van der Waals surface area (Å²) in [5.74, 6) is -0.400. The van der Waals surface area contributed by atoms with E-state index in [1.807, 2.05) is 58.2 Å². The number of carbonyl (C=O) groups is 2. The van der Waals surface area contributed by atoms with Crippen molar-refractivity contribution in [1.29, 1.82) is 0 Å². The number of anilines is 1. The monoisotopic (exact) mass is 625 g/mol. The van der Waals surface area contributed by atoms with Crippen molar-refractivity contribution in [1.82, 2.24) is 10.2 Å². The number of amides is 2. The van der Waals surface area contributed by atoms with Crippen molar-refractivity contribution in [3.63, 3.8) is 0 Å². The fourth-order valence-corrected chi connectivity index (χ4v) is 6.56. The minimum atomic E-state index is -4.20. The molecule has 232 valence electrons. The molecule has 0 bridgehead atoms. The summed E-state index contributed by atoms with van der Waals surface area (Å²) in [5.41, 5.74) is 2.11. The van der Waals surface area contributed by atoms with Crippen LogP contribution in [0, 0.1) is 6.92 Å². The molecule has 8 nitrogen and oxygen atoms in total. The van der Waals surface area contributed by atoms with Gasteiger partial charge in [0.15, 0.2) is 0 Å². The number of para-hydroxylation sites is 2. The maximum atomic E-state index is 14.3. The fraction of sp³-hybridized carbons (Fsp3) is 0.394. The van der Waals surface area contributed by atoms with Gasteiger partial charge in [0.1, 0.15) is 18.3 Å². The average molecular weight is 626 g/mol. The van der Waals surface area contributed by atoms with Gasteiger partial charge in [0.2, 0.25) is 11.8 Å². The minimum absolute atomic E-state index is 0.0548. The molecule has 3 aromatic carbocycles. The second-order valence-electron chi connectivity index (χ2n) is 10.1. The topological polar surface area (TPSA) is 96.0 Å². The lowest BCUT2D eigenvalue weighted by molar-refractivity contribution is -0.140. The molecular weight excluding hydrogens is 583 g/mol. The smallest absolute Gasteiger partial charge is 0.264 e. The summed E-state index contributed by atoms with van der Waals surface area (Å²) in [6.07, 6.45) is 4.03. The van der Waals surface area contributed by atoms with Crippen molar-refractivity contribution in [2.75, 3.05) is 30.3 Å². The van der Waals surface area contributed by atoms with Crippen LogP contribution in [-0.4, -0.2) is 57.1 Å². The van der Waals surface area contributed by atoms with Crippen LogP contribution in [0.5, 0.6) is 5.75 Å². The number of benzene rings is 3. The average Bonchev–Trinajstić information content (AvgIpc) is 3.01. The van der Waals surface area contributed by atoms with Gasteiger partial charge in [0.25, 0.3) is 10.0 Å². The first-order chi connectivity index (χ1) is 20.7. The van der Waals surface area contributed by atoms with Gasteiger partial charge in [-0.2, -0.15) is 0 Å². The van der Waals surface area contributed by atoms with Gasteiger partial charge in [0, 0.05) is 18.0 Å². The number of nitrogens with one attached hydrogen (secondary N) is 1. The zero-order valence-electron chi connectivity index (χ0n) is 25.7. The molecule has 0 heterocycles. The van der Waals surface area contributed by atoms with E-state index in [9.17, 15) is 18.0 Å². The number of carbonyl (C=O) groups excluding carboxylic acids is 2. The summed E-state index contributed by atoms with van der Waals surface area (Å²) in [7, 11) is -4.20. The zero-order chi connectivity index (χ0) is 31.4. The first-order valence-corrected chi connectivity index (χ1v) is 17.3. The van der Waals surface area contributed by atoms with Crippen LogP contribution in [0.2, 0.25) is 0 Å².